The summed E-state index contributed by atoms with van der Waals surface area (Å²) in [5, 5.41) is 21.8. The second-order valence-electron chi connectivity index (χ2n) is 13.6. The molecular weight excluding hydrogens is 733 g/mol. The molecule has 56 heavy (non-hydrogen) atoms. The lowest BCUT2D eigenvalue weighted by molar-refractivity contribution is -0.245. The number of thioether (sulfide) groups is 1. The van der Waals surface area contributed by atoms with E-state index in [2.05, 4.69) is 5.32 Å². The molecule has 4 atom stereocenters. The largest absolute Gasteiger partial charge is 0.478 e. The Hall–Kier alpha value is -5.79. The molecule has 2 fully saturated rings. The Morgan fingerprint density at radius 3 is 2.25 bits per heavy atom. The fourth-order valence-electron chi connectivity index (χ4n) is 6.71. The first-order valence-corrected chi connectivity index (χ1v) is 19.2. The Balaban J connectivity index is 1.01. The van der Waals surface area contributed by atoms with Crippen LogP contribution in [0.4, 0.5) is 4.79 Å². The van der Waals surface area contributed by atoms with Crippen LogP contribution in [0.15, 0.2) is 132 Å². The number of benzene rings is 5. The summed E-state index contributed by atoms with van der Waals surface area (Å²) in [6, 6.07) is 38.1. The molecule has 4 unspecified atom stereocenters. The van der Waals surface area contributed by atoms with Crippen LogP contribution in [0.5, 0.6) is 0 Å². The molecule has 0 radical (unpaired) electrons. The van der Waals surface area contributed by atoms with Gasteiger partial charge in [-0.1, -0.05) is 109 Å². The van der Waals surface area contributed by atoms with Crippen LogP contribution in [0.3, 0.4) is 0 Å². The highest BCUT2D eigenvalue weighted by Gasteiger charge is 2.40. The average molecular weight is 773 g/mol. The molecule has 3 amide bonds. The van der Waals surface area contributed by atoms with Crippen molar-refractivity contribution in [3.63, 3.8) is 0 Å². The molecule has 286 valence electrons. The maximum absolute atomic E-state index is 13.2. The van der Waals surface area contributed by atoms with E-state index in [4.69, 9.17) is 14.2 Å². The van der Waals surface area contributed by atoms with E-state index in [1.165, 1.54) is 11.8 Å². The second-order valence-corrected chi connectivity index (χ2v) is 14.6. The van der Waals surface area contributed by atoms with Crippen molar-refractivity contribution in [1.82, 2.24) is 10.2 Å². The molecule has 2 heterocycles. The third kappa shape index (κ3) is 9.35. The van der Waals surface area contributed by atoms with Gasteiger partial charge in [0.25, 0.3) is 5.91 Å². The molecule has 0 aliphatic carbocycles. The average Bonchev–Trinajstić information content (AvgIpc) is 3.49. The molecule has 2 aliphatic rings. The van der Waals surface area contributed by atoms with Gasteiger partial charge in [0.05, 0.1) is 37.3 Å². The Labute approximate surface area is 328 Å². The number of amides is 3. The predicted octanol–water partition coefficient (Wildman–Crippen LogP) is 7.44. The van der Waals surface area contributed by atoms with Crippen LogP contribution in [-0.4, -0.2) is 56.9 Å². The van der Waals surface area contributed by atoms with Gasteiger partial charge in [-0.25, -0.2) is 9.59 Å². The zero-order valence-electron chi connectivity index (χ0n) is 30.3. The first kappa shape index (κ1) is 38.5. The van der Waals surface area contributed by atoms with Gasteiger partial charge in [0.15, 0.2) is 6.29 Å². The number of aliphatic hydroxyl groups excluding tert-OH is 1. The Morgan fingerprint density at radius 1 is 0.786 bits per heavy atom. The van der Waals surface area contributed by atoms with Crippen LogP contribution in [0.1, 0.15) is 63.4 Å². The maximum atomic E-state index is 13.2. The molecule has 0 bridgehead atoms. The predicted molar refractivity (Wildman–Crippen MR) is 208 cm³/mol. The third-order valence-electron chi connectivity index (χ3n) is 9.69. The summed E-state index contributed by atoms with van der Waals surface area (Å²) in [6.07, 6.45) is -1.61. The van der Waals surface area contributed by atoms with Crippen LogP contribution < -0.4 is 5.32 Å². The standard InChI is InChI=1S/C44H40N2O9S/c47-25-28-13-15-32(16-14-28)38-22-35(27-56-39-12-5-4-11-36(39)42(50)51)54-43(55-38)33-19-17-31(18-20-33)34-10-6-9-30(21-34)24-46-40(48)23-37(41(46)49)45-44(52)53-26-29-7-2-1-3-8-29/h1-21,35,37-38,43,47H,22-27H2,(H,45,52)(H,50,51). The Kier molecular flexibility index (Phi) is 12.2. The fraction of sp³-hybridized carbons (Fsp3) is 0.227. The highest BCUT2D eigenvalue weighted by Crippen LogP contribution is 2.40. The number of carboxylic acids is 1. The van der Waals surface area contributed by atoms with Crippen molar-refractivity contribution in [2.75, 3.05) is 5.75 Å². The molecule has 12 heteroatoms. The minimum atomic E-state index is -0.996. The summed E-state index contributed by atoms with van der Waals surface area (Å²) in [5.74, 6) is -1.34. The van der Waals surface area contributed by atoms with Gasteiger partial charge in [-0.05, 0) is 51.6 Å². The molecule has 0 spiro atoms. The van der Waals surface area contributed by atoms with E-state index >= 15 is 0 Å². The molecule has 0 aromatic heterocycles. The number of alkyl carbamates (subject to hydrolysis) is 1. The number of imide groups is 1. The molecule has 2 aliphatic heterocycles. The second kappa shape index (κ2) is 17.8. The molecular formula is C44H40N2O9S. The highest BCUT2D eigenvalue weighted by atomic mass is 32.2. The number of ether oxygens (including phenoxy) is 3. The number of carboxylic acid groups (broad SMARTS) is 1. The lowest BCUT2D eigenvalue weighted by Crippen LogP contribution is -2.41. The van der Waals surface area contributed by atoms with Crippen molar-refractivity contribution >= 4 is 35.6 Å². The number of carbonyl (C=O) groups is 4. The number of nitrogens with zero attached hydrogens (tertiary/aromatic N) is 1. The summed E-state index contributed by atoms with van der Waals surface area (Å²) >= 11 is 1.43. The van der Waals surface area contributed by atoms with Crippen molar-refractivity contribution in [3.8, 4) is 11.1 Å². The molecule has 7 rings (SSSR count). The lowest BCUT2D eigenvalue weighted by atomic mass is 9.99. The van der Waals surface area contributed by atoms with Crippen molar-refractivity contribution in [2.24, 2.45) is 0 Å². The van der Waals surface area contributed by atoms with E-state index in [0.29, 0.717) is 17.1 Å². The van der Waals surface area contributed by atoms with E-state index < -0.39 is 30.3 Å². The van der Waals surface area contributed by atoms with Crippen LogP contribution in [0.25, 0.3) is 11.1 Å². The number of hydrogen-bond donors (Lipinski definition) is 3. The molecule has 5 aromatic carbocycles. The Bertz CT molecular complexity index is 2180. The molecule has 11 nitrogen and oxygen atoms in total. The minimum Gasteiger partial charge on any atom is -0.478 e. The van der Waals surface area contributed by atoms with Crippen LogP contribution in [0, 0.1) is 0 Å². The van der Waals surface area contributed by atoms with Crippen LogP contribution in [-0.2, 0) is 43.6 Å². The number of aliphatic hydroxyl groups is 1. The van der Waals surface area contributed by atoms with Gasteiger partial charge in [0, 0.05) is 22.6 Å². The monoisotopic (exact) mass is 772 g/mol. The van der Waals surface area contributed by atoms with Gasteiger partial charge in [0.2, 0.25) is 5.91 Å². The van der Waals surface area contributed by atoms with Gasteiger partial charge in [-0.2, -0.15) is 0 Å². The van der Waals surface area contributed by atoms with E-state index in [1.807, 2.05) is 109 Å². The number of likely N-dealkylation sites (tertiary alicyclic amines) is 1. The maximum Gasteiger partial charge on any atom is 0.408 e. The molecule has 3 N–H and O–H groups in total. The summed E-state index contributed by atoms with van der Waals surface area (Å²) in [5.41, 5.74) is 6.13. The van der Waals surface area contributed by atoms with E-state index in [-0.39, 0.29) is 49.9 Å². The summed E-state index contributed by atoms with van der Waals surface area (Å²) in [4.78, 5) is 52.1. The summed E-state index contributed by atoms with van der Waals surface area (Å²) < 4.78 is 18.2. The van der Waals surface area contributed by atoms with Gasteiger partial charge in [0.1, 0.15) is 12.6 Å². The minimum absolute atomic E-state index is 0.0477. The van der Waals surface area contributed by atoms with Crippen molar-refractivity contribution in [2.45, 2.75) is 62.0 Å². The van der Waals surface area contributed by atoms with E-state index in [1.54, 1.807) is 18.2 Å². The molecule has 5 aromatic rings. The van der Waals surface area contributed by atoms with Gasteiger partial charge in [-0.3, -0.25) is 14.5 Å². The van der Waals surface area contributed by atoms with Crippen LogP contribution >= 0.6 is 11.8 Å². The van der Waals surface area contributed by atoms with Crippen LogP contribution in [0.2, 0.25) is 0 Å². The molecule has 0 saturated carbocycles. The number of hydrogen-bond acceptors (Lipinski definition) is 9. The first-order chi connectivity index (χ1) is 27.2. The van der Waals surface area contributed by atoms with Crippen molar-refractivity contribution in [1.29, 1.82) is 0 Å². The molecule has 2 saturated heterocycles. The van der Waals surface area contributed by atoms with Gasteiger partial charge >= 0.3 is 12.1 Å². The quantitative estimate of drug-likeness (QED) is 0.0814. The number of carbonyl (C=O) groups excluding carboxylic acids is 3. The van der Waals surface area contributed by atoms with Crippen molar-refractivity contribution < 1.29 is 43.6 Å². The lowest BCUT2D eigenvalue weighted by Gasteiger charge is -2.36. The van der Waals surface area contributed by atoms with Gasteiger partial charge in [-0.15, -0.1) is 11.8 Å². The summed E-state index contributed by atoms with van der Waals surface area (Å²) in [7, 11) is 0. The number of rotatable bonds is 13. The third-order valence-corrected chi connectivity index (χ3v) is 10.9. The Morgan fingerprint density at radius 2 is 1.50 bits per heavy atom. The van der Waals surface area contributed by atoms with E-state index in [9.17, 15) is 29.4 Å². The normalized spacial score (nSPS) is 19.5. The smallest absolute Gasteiger partial charge is 0.408 e. The highest BCUT2D eigenvalue weighted by molar-refractivity contribution is 7.99. The van der Waals surface area contributed by atoms with Crippen molar-refractivity contribution in [3.05, 3.63) is 161 Å². The summed E-state index contributed by atoms with van der Waals surface area (Å²) in [6.45, 7) is 0.0447. The number of aromatic carboxylic acids is 1. The van der Waals surface area contributed by atoms with E-state index in [0.717, 1.165) is 43.8 Å². The van der Waals surface area contributed by atoms with Gasteiger partial charge < -0.3 is 29.7 Å². The first-order valence-electron chi connectivity index (χ1n) is 18.2. The number of nitrogens with one attached hydrogen (secondary N) is 1. The SMILES string of the molecule is O=C(NC1CC(=O)N(Cc2cccc(-c3ccc(C4OC(CSc5ccccc5C(=O)O)CC(c5ccc(CO)cc5)O4)cc3)c2)C1=O)OCc1ccccc1. The fourth-order valence-corrected chi connectivity index (χ4v) is 7.77. The zero-order chi connectivity index (χ0) is 39.0. The topological polar surface area (TPSA) is 152 Å². The zero-order valence-corrected chi connectivity index (χ0v) is 31.1.